The van der Waals surface area contributed by atoms with Crippen LogP contribution in [0.25, 0.3) is 0 Å². The van der Waals surface area contributed by atoms with Crippen molar-refractivity contribution in [3.05, 3.63) is 88.4 Å². The topological polar surface area (TPSA) is 79.9 Å². The van der Waals surface area contributed by atoms with Crippen LogP contribution in [0.5, 0.6) is 11.5 Å². The fourth-order valence-corrected chi connectivity index (χ4v) is 5.00. The quantitative estimate of drug-likeness (QED) is 0.374. The molecule has 1 unspecified atom stereocenters. The zero-order chi connectivity index (χ0) is 26.9. The third kappa shape index (κ3) is 7.27. The van der Waals surface area contributed by atoms with E-state index in [1.165, 1.54) is 0 Å². The van der Waals surface area contributed by atoms with Gasteiger partial charge in [0.15, 0.2) is 11.5 Å². The minimum atomic E-state index is -0.229. The molecule has 1 saturated heterocycles. The number of nitrogens with one attached hydrogen (secondary N) is 2. The highest BCUT2D eigenvalue weighted by molar-refractivity contribution is 6.30. The molecular weight excluding hydrogens is 502 g/mol. The number of benzene rings is 3. The van der Waals surface area contributed by atoms with E-state index in [0.717, 1.165) is 37.1 Å². The minimum Gasteiger partial charge on any atom is -0.493 e. The van der Waals surface area contributed by atoms with Crippen molar-refractivity contribution in [3.8, 4) is 11.5 Å². The van der Waals surface area contributed by atoms with Crippen LogP contribution in [0, 0.1) is 5.92 Å². The lowest BCUT2D eigenvalue weighted by molar-refractivity contribution is -0.121. The van der Waals surface area contributed by atoms with Gasteiger partial charge in [0.05, 0.1) is 31.4 Å². The summed E-state index contributed by atoms with van der Waals surface area (Å²) in [6.07, 6.45) is 2.39. The monoisotopic (exact) mass is 535 g/mol. The first-order chi connectivity index (χ1) is 18.5. The number of methoxy groups -OCH3 is 2. The number of para-hydroxylation sites is 1. The van der Waals surface area contributed by atoms with Crippen molar-refractivity contribution < 1.29 is 19.1 Å². The number of nitrogens with zero attached hydrogens (tertiary/aromatic N) is 1. The maximum absolute atomic E-state index is 13.2. The van der Waals surface area contributed by atoms with Gasteiger partial charge in [-0.05, 0) is 73.3 Å². The summed E-state index contributed by atoms with van der Waals surface area (Å²) >= 11 is 6.13. The molecule has 1 atom stereocenters. The van der Waals surface area contributed by atoms with Crippen molar-refractivity contribution in [3.63, 3.8) is 0 Å². The van der Waals surface area contributed by atoms with Crippen LogP contribution in [-0.2, 0) is 17.8 Å². The van der Waals surface area contributed by atoms with E-state index >= 15 is 0 Å². The number of hydrogen-bond donors (Lipinski definition) is 2. The molecule has 3 aromatic carbocycles. The highest BCUT2D eigenvalue weighted by atomic mass is 35.5. The van der Waals surface area contributed by atoms with Crippen LogP contribution >= 0.6 is 11.6 Å². The largest absolute Gasteiger partial charge is 0.493 e. The normalized spacial score (nSPS) is 15.5. The number of ether oxygens (including phenoxy) is 2. The Kier molecular flexibility index (Phi) is 9.62. The van der Waals surface area contributed by atoms with Crippen LogP contribution in [0.3, 0.4) is 0 Å². The molecule has 4 rings (SSSR count). The van der Waals surface area contributed by atoms with Gasteiger partial charge in [0.25, 0.3) is 5.91 Å². The van der Waals surface area contributed by atoms with Gasteiger partial charge < -0.3 is 20.1 Å². The number of carbonyl (C=O) groups is 2. The molecule has 38 heavy (non-hydrogen) atoms. The number of hydrogen-bond acceptors (Lipinski definition) is 5. The summed E-state index contributed by atoms with van der Waals surface area (Å²) < 4.78 is 10.6. The summed E-state index contributed by atoms with van der Waals surface area (Å²) in [5.41, 5.74) is 3.12. The summed E-state index contributed by atoms with van der Waals surface area (Å²) in [4.78, 5) is 28.5. The molecule has 0 spiro atoms. The molecule has 0 bridgehead atoms. The van der Waals surface area contributed by atoms with Gasteiger partial charge in [0.2, 0.25) is 5.91 Å². The maximum Gasteiger partial charge on any atom is 0.253 e. The third-order valence-corrected chi connectivity index (χ3v) is 6.98. The number of piperidine rings is 1. The first kappa shape index (κ1) is 27.5. The summed E-state index contributed by atoms with van der Waals surface area (Å²) in [6.45, 7) is 2.80. The van der Waals surface area contributed by atoms with Crippen LogP contribution in [0.2, 0.25) is 5.02 Å². The van der Waals surface area contributed by atoms with E-state index in [2.05, 4.69) is 21.6 Å². The molecule has 0 aliphatic carbocycles. The lowest BCUT2D eigenvalue weighted by atomic mass is 9.96. The summed E-state index contributed by atoms with van der Waals surface area (Å²) in [5, 5.41) is 6.69. The van der Waals surface area contributed by atoms with E-state index < -0.39 is 0 Å². The predicted octanol–water partition coefficient (Wildman–Crippen LogP) is 5.18. The van der Waals surface area contributed by atoms with Crippen molar-refractivity contribution >= 4 is 29.1 Å². The summed E-state index contributed by atoms with van der Waals surface area (Å²) in [6, 6.07) is 20.6. The number of halogens is 1. The second kappa shape index (κ2) is 13.3. The fraction of sp³-hybridized carbons (Fsp3) is 0.333. The Balaban J connectivity index is 1.33. The van der Waals surface area contributed by atoms with Gasteiger partial charge in [0.1, 0.15) is 0 Å². The van der Waals surface area contributed by atoms with Gasteiger partial charge in [-0.15, -0.1) is 0 Å². The molecule has 0 aromatic heterocycles. The lowest BCUT2D eigenvalue weighted by Gasteiger charge is -2.32. The van der Waals surface area contributed by atoms with Crippen molar-refractivity contribution in [2.45, 2.75) is 25.8 Å². The average Bonchev–Trinajstić information content (AvgIpc) is 2.93. The molecule has 1 heterocycles. The first-order valence-electron chi connectivity index (χ1n) is 12.8. The van der Waals surface area contributed by atoms with Gasteiger partial charge in [-0.2, -0.15) is 0 Å². The molecule has 1 aliphatic heterocycles. The standard InChI is InChI=1S/C30H34ClN3O4/c1-37-27-13-12-21(18-28(27)38-2)14-15-32-30(36)25-10-3-4-11-26(25)33-29(35)23-8-6-16-34(20-23)19-22-7-5-9-24(31)17-22/h3-5,7,9-13,17-18,23H,6,8,14-16,19-20H2,1-2H3,(H,32,36)(H,33,35). The minimum absolute atomic E-state index is 0.0635. The van der Waals surface area contributed by atoms with Gasteiger partial charge in [0, 0.05) is 24.7 Å². The number of rotatable bonds is 10. The first-order valence-corrected chi connectivity index (χ1v) is 13.2. The average molecular weight is 536 g/mol. The molecule has 8 heteroatoms. The van der Waals surface area contributed by atoms with Crippen LogP contribution in [0.4, 0.5) is 5.69 Å². The van der Waals surface area contributed by atoms with Gasteiger partial charge in [-0.25, -0.2) is 0 Å². The zero-order valence-electron chi connectivity index (χ0n) is 21.8. The Morgan fingerprint density at radius 1 is 0.974 bits per heavy atom. The van der Waals surface area contributed by atoms with Crippen LogP contribution < -0.4 is 20.1 Å². The van der Waals surface area contributed by atoms with E-state index in [1.807, 2.05) is 42.5 Å². The van der Waals surface area contributed by atoms with Crippen molar-refractivity contribution in [1.82, 2.24) is 10.2 Å². The molecule has 0 radical (unpaired) electrons. The predicted molar refractivity (Wildman–Crippen MR) is 150 cm³/mol. The molecule has 0 saturated carbocycles. The molecular formula is C30H34ClN3O4. The smallest absolute Gasteiger partial charge is 0.253 e. The SMILES string of the molecule is COc1ccc(CCNC(=O)c2ccccc2NC(=O)C2CCCN(Cc3cccc(Cl)c3)C2)cc1OC. The van der Waals surface area contributed by atoms with E-state index in [9.17, 15) is 9.59 Å². The lowest BCUT2D eigenvalue weighted by Crippen LogP contribution is -2.40. The number of likely N-dealkylation sites (tertiary alicyclic amines) is 1. The van der Waals surface area contributed by atoms with Gasteiger partial charge >= 0.3 is 0 Å². The van der Waals surface area contributed by atoms with Crippen molar-refractivity contribution in [1.29, 1.82) is 0 Å². The Labute approximate surface area is 229 Å². The van der Waals surface area contributed by atoms with Crippen molar-refractivity contribution in [2.75, 3.05) is 39.2 Å². The maximum atomic E-state index is 13.2. The highest BCUT2D eigenvalue weighted by Gasteiger charge is 2.27. The molecule has 1 aliphatic rings. The second-order valence-electron chi connectivity index (χ2n) is 9.43. The Hall–Kier alpha value is -3.55. The van der Waals surface area contributed by atoms with Gasteiger partial charge in [-0.3, -0.25) is 14.5 Å². The van der Waals surface area contributed by atoms with Crippen LogP contribution in [0.1, 0.15) is 34.3 Å². The molecule has 2 amide bonds. The zero-order valence-corrected chi connectivity index (χ0v) is 22.6. The summed E-state index contributed by atoms with van der Waals surface area (Å²) in [5.74, 6) is 0.872. The van der Waals surface area contributed by atoms with E-state index in [-0.39, 0.29) is 17.7 Å². The second-order valence-corrected chi connectivity index (χ2v) is 9.87. The van der Waals surface area contributed by atoms with E-state index in [1.54, 1.807) is 32.4 Å². The van der Waals surface area contributed by atoms with Crippen molar-refractivity contribution in [2.24, 2.45) is 5.92 Å². The molecule has 7 nitrogen and oxygen atoms in total. The highest BCUT2D eigenvalue weighted by Crippen LogP contribution is 2.28. The molecule has 3 aromatic rings. The molecule has 1 fully saturated rings. The van der Waals surface area contributed by atoms with Crippen LogP contribution in [0.15, 0.2) is 66.7 Å². The van der Waals surface area contributed by atoms with Gasteiger partial charge in [-0.1, -0.05) is 41.9 Å². The molecule has 200 valence electrons. The Bertz CT molecular complexity index is 1270. The number of anilines is 1. The molecule has 2 N–H and O–H groups in total. The fourth-order valence-electron chi connectivity index (χ4n) is 4.78. The Morgan fingerprint density at radius 2 is 1.79 bits per heavy atom. The van der Waals surface area contributed by atoms with E-state index in [0.29, 0.717) is 47.3 Å². The number of amides is 2. The van der Waals surface area contributed by atoms with E-state index in [4.69, 9.17) is 21.1 Å². The third-order valence-electron chi connectivity index (χ3n) is 6.75. The summed E-state index contributed by atoms with van der Waals surface area (Å²) in [7, 11) is 3.19. The number of carbonyl (C=O) groups excluding carboxylic acids is 2. The Morgan fingerprint density at radius 3 is 2.58 bits per heavy atom. The van der Waals surface area contributed by atoms with Crippen LogP contribution in [-0.4, -0.2) is 50.6 Å².